The molecule has 1 aliphatic heterocycles. The van der Waals surface area contributed by atoms with Crippen LogP contribution in [0.2, 0.25) is 0 Å². The van der Waals surface area contributed by atoms with Crippen LogP contribution in [0.5, 0.6) is 0 Å². The van der Waals surface area contributed by atoms with Gasteiger partial charge in [-0.1, -0.05) is 18.2 Å². The van der Waals surface area contributed by atoms with Gasteiger partial charge < -0.3 is 10.6 Å². The molecule has 1 aromatic carbocycles. The summed E-state index contributed by atoms with van der Waals surface area (Å²) in [5, 5.41) is 5.49. The van der Waals surface area contributed by atoms with E-state index in [9.17, 15) is 9.59 Å². The monoisotopic (exact) mass is 218 g/mol. The van der Waals surface area contributed by atoms with Crippen molar-refractivity contribution in [2.24, 2.45) is 5.41 Å². The molecule has 84 valence electrons. The molecule has 1 heterocycles. The Balaban J connectivity index is 2.06. The second kappa shape index (κ2) is 3.96. The van der Waals surface area contributed by atoms with Crippen LogP contribution in [0.15, 0.2) is 30.3 Å². The first kappa shape index (κ1) is 10.7. The molecule has 0 spiro atoms. The summed E-state index contributed by atoms with van der Waals surface area (Å²) in [5.41, 5.74) is 0.125. The summed E-state index contributed by atoms with van der Waals surface area (Å²) in [6.07, 6.45) is 0.256. The van der Waals surface area contributed by atoms with E-state index in [-0.39, 0.29) is 18.2 Å². The molecule has 4 heteroatoms. The number of rotatable bonds is 2. The predicted molar refractivity (Wildman–Crippen MR) is 60.8 cm³/mol. The third-order valence-corrected chi connectivity index (χ3v) is 2.81. The maximum absolute atomic E-state index is 12.0. The molecule has 1 unspecified atom stereocenters. The maximum Gasteiger partial charge on any atom is 0.232 e. The zero-order valence-electron chi connectivity index (χ0n) is 9.12. The summed E-state index contributed by atoms with van der Waals surface area (Å²) in [7, 11) is 0. The molecule has 0 aliphatic carbocycles. The molecule has 0 saturated carbocycles. The fourth-order valence-electron chi connectivity index (χ4n) is 1.74. The predicted octanol–water partition coefficient (Wildman–Crippen LogP) is 1.15. The summed E-state index contributed by atoms with van der Waals surface area (Å²) >= 11 is 0. The van der Waals surface area contributed by atoms with Crippen LogP contribution in [0, 0.1) is 5.41 Å². The van der Waals surface area contributed by atoms with Crippen molar-refractivity contribution < 1.29 is 9.59 Å². The Labute approximate surface area is 94.0 Å². The minimum Gasteiger partial charge on any atom is -0.355 e. The number of benzene rings is 1. The average molecular weight is 218 g/mol. The molecule has 2 rings (SSSR count). The highest BCUT2D eigenvalue weighted by atomic mass is 16.2. The van der Waals surface area contributed by atoms with Crippen molar-refractivity contribution in [2.75, 3.05) is 11.9 Å². The molecule has 0 aromatic heterocycles. The van der Waals surface area contributed by atoms with Crippen LogP contribution in [-0.2, 0) is 9.59 Å². The summed E-state index contributed by atoms with van der Waals surface area (Å²) in [5.74, 6) is -0.178. The third kappa shape index (κ3) is 2.05. The van der Waals surface area contributed by atoms with Crippen LogP contribution in [0.25, 0.3) is 0 Å². The van der Waals surface area contributed by atoms with Crippen LogP contribution in [0.1, 0.15) is 13.3 Å². The van der Waals surface area contributed by atoms with Gasteiger partial charge in [-0.15, -0.1) is 0 Å². The zero-order chi connectivity index (χ0) is 11.6. The normalized spacial score (nSPS) is 23.9. The van der Waals surface area contributed by atoms with Gasteiger partial charge >= 0.3 is 0 Å². The van der Waals surface area contributed by atoms with E-state index in [4.69, 9.17) is 0 Å². The van der Waals surface area contributed by atoms with Crippen LogP contribution in [-0.4, -0.2) is 18.4 Å². The van der Waals surface area contributed by atoms with E-state index in [1.165, 1.54) is 0 Å². The third-order valence-electron chi connectivity index (χ3n) is 2.81. The highest BCUT2D eigenvalue weighted by Gasteiger charge is 2.40. The summed E-state index contributed by atoms with van der Waals surface area (Å²) < 4.78 is 0. The molecule has 1 aromatic rings. The van der Waals surface area contributed by atoms with Gasteiger partial charge in [-0.25, -0.2) is 0 Å². The van der Waals surface area contributed by atoms with E-state index in [0.717, 1.165) is 5.69 Å². The van der Waals surface area contributed by atoms with Gasteiger partial charge in [0.15, 0.2) is 0 Å². The lowest BCUT2D eigenvalue weighted by Gasteiger charge is -2.20. The van der Waals surface area contributed by atoms with Crippen LogP contribution < -0.4 is 10.6 Å². The smallest absolute Gasteiger partial charge is 0.232 e. The molecular weight excluding hydrogens is 204 g/mol. The molecule has 2 N–H and O–H groups in total. The summed E-state index contributed by atoms with van der Waals surface area (Å²) in [6, 6.07) is 9.25. The lowest BCUT2D eigenvalue weighted by atomic mass is 9.88. The largest absolute Gasteiger partial charge is 0.355 e. The minimum atomic E-state index is -0.632. The lowest BCUT2D eigenvalue weighted by molar-refractivity contribution is -0.126. The van der Waals surface area contributed by atoms with Crippen LogP contribution >= 0.6 is 0 Å². The molecule has 2 amide bonds. The molecule has 16 heavy (non-hydrogen) atoms. The molecule has 1 saturated heterocycles. The van der Waals surface area contributed by atoms with Gasteiger partial charge in [0, 0.05) is 18.7 Å². The molecule has 1 atom stereocenters. The van der Waals surface area contributed by atoms with E-state index >= 15 is 0 Å². The first-order chi connectivity index (χ1) is 7.60. The first-order valence-electron chi connectivity index (χ1n) is 5.23. The van der Waals surface area contributed by atoms with Gasteiger partial charge in [-0.2, -0.15) is 0 Å². The molecule has 1 fully saturated rings. The number of hydrogen-bond donors (Lipinski definition) is 2. The van der Waals surface area contributed by atoms with Gasteiger partial charge in [0.05, 0.1) is 5.41 Å². The van der Waals surface area contributed by atoms with E-state index in [1.54, 1.807) is 6.92 Å². The van der Waals surface area contributed by atoms with Crippen molar-refractivity contribution in [1.29, 1.82) is 0 Å². The fourth-order valence-corrected chi connectivity index (χ4v) is 1.74. The van der Waals surface area contributed by atoms with Gasteiger partial charge in [0.2, 0.25) is 11.8 Å². The minimum absolute atomic E-state index is 0.0642. The number of amides is 2. The standard InChI is InChI=1S/C12H14N2O2/c1-12(7-10(15)13-8-12)11(16)14-9-5-3-2-4-6-9/h2-6H,7-8H2,1H3,(H,13,15)(H,14,16). The van der Waals surface area contributed by atoms with E-state index in [2.05, 4.69) is 10.6 Å². The van der Waals surface area contributed by atoms with Crippen LogP contribution in [0.4, 0.5) is 5.69 Å². The Morgan fingerprint density at radius 1 is 1.38 bits per heavy atom. The number of para-hydroxylation sites is 1. The maximum atomic E-state index is 12.0. The molecule has 0 radical (unpaired) electrons. The zero-order valence-corrected chi connectivity index (χ0v) is 9.12. The van der Waals surface area contributed by atoms with Crippen LogP contribution in [0.3, 0.4) is 0 Å². The Hall–Kier alpha value is -1.84. The highest BCUT2D eigenvalue weighted by molar-refractivity contribution is 5.99. The fraction of sp³-hybridized carbons (Fsp3) is 0.333. The van der Waals surface area contributed by atoms with Crippen molar-refractivity contribution >= 4 is 17.5 Å². The molecule has 1 aliphatic rings. The quantitative estimate of drug-likeness (QED) is 0.782. The SMILES string of the molecule is CC1(C(=O)Nc2ccccc2)CNC(=O)C1. The number of nitrogens with one attached hydrogen (secondary N) is 2. The number of carbonyl (C=O) groups excluding carboxylic acids is 2. The van der Waals surface area contributed by atoms with Crippen molar-refractivity contribution in [1.82, 2.24) is 5.32 Å². The van der Waals surface area contributed by atoms with Crippen molar-refractivity contribution in [3.63, 3.8) is 0 Å². The molecule has 4 nitrogen and oxygen atoms in total. The first-order valence-corrected chi connectivity index (χ1v) is 5.23. The average Bonchev–Trinajstić information content (AvgIpc) is 2.61. The summed E-state index contributed by atoms with van der Waals surface area (Å²) in [6.45, 7) is 2.20. The number of hydrogen-bond acceptors (Lipinski definition) is 2. The van der Waals surface area contributed by atoms with Gasteiger partial charge in [0.1, 0.15) is 0 Å². The van der Waals surface area contributed by atoms with Gasteiger partial charge in [0.25, 0.3) is 0 Å². The van der Waals surface area contributed by atoms with E-state index < -0.39 is 5.41 Å². The van der Waals surface area contributed by atoms with Gasteiger partial charge in [-0.05, 0) is 19.1 Å². The van der Waals surface area contributed by atoms with E-state index in [0.29, 0.717) is 6.54 Å². The Morgan fingerprint density at radius 3 is 2.62 bits per heavy atom. The van der Waals surface area contributed by atoms with Gasteiger partial charge in [-0.3, -0.25) is 9.59 Å². The summed E-state index contributed by atoms with van der Waals surface area (Å²) in [4.78, 5) is 23.1. The van der Waals surface area contributed by atoms with Crippen molar-refractivity contribution in [3.8, 4) is 0 Å². The topological polar surface area (TPSA) is 58.2 Å². The lowest BCUT2D eigenvalue weighted by Crippen LogP contribution is -2.35. The Bertz CT molecular complexity index is 416. The van der Waals surface area contributed by atoms with Crippen molar-refractivity contribution in [2.45, 2.75) is 13.3 Å². The highest BCUT2D eigenvalue weighted by Crippen LogP contribution is 2.26. The van der Waals surface area contributed by atoms with E-state index in [1.807, 2.05) is 30.3 Å². The second-order valence-electron chi connectivity index (χ2n) is 4.33. The Morgan fingerprint density at radius 2 is 2.06 bits per heavy atom. The number of anilines is 1. The molecular formula is C12H14N2O2. The Kier molecular flexibility index (Phi) is 2.64. The van der Waals surface area contributed by atoms with Crippen molar-refractivity contribution in [3.05, 3.63) is 30.3 Å². The number of carbonyl (C=O) groups is 2. The second-order valence-corrected chi connectivity index (χ2v) is 4.33. The molecule has 0 bridgehead atoms.